The summed E-state index contributed by atoms with van der Waals surface area (Å²) in [5.41, 5.74) is 10.5. The summed E-state index contributed by atoms with van der Waals surface area (Å²) in [6.07, 6.45) is 1.81. The second kappa shape index (κ2) is 4.47. The van der Waals surface area contributed by atoms with Gasteiger partial charge in [0.2, 0.25) is 0 Å². The Morgan fingerprint density at radius 3 is 2.50 bits per heavy atom. The Balaban J connectivity index is 2.89. The molecule has 0 saturated heterocycles. The van der Waals surface area contributed by atoms with E-state index < -0.39 is 0 Å². The molecule has 0 N–H and O–H groups in total. The van der Waals surface area contributed by atoms with E-state index in [1.54, 1.807) is 0 Å². The maximum atomic E-state index is 8.70. The molecule has 2 nitrogen and oxygen atoms in total. The van der Waals surface area contributed by atoms with Gasteiger partial charge in [-0.05, 0) is 18.6 Å². The molecule has 0 saturated carbocycles. The lowest BCUT2D eigenvalue weighted by Gasteiger charge is -1.92. The lowest BCUT2D eigenvalue weighted by molar-refractivity contribution is -0.00698. The van der Waals surface area contributed by atoms with Crippen molar-refractivity contribution in [2.45, 2.75) is 19.8 Å². The van der Waals surface area contributed by atoms with Gasteiger partial charge in [0.05, 0.1) is 5.56 Å². The Morgan fingerprint density at radius 1 is 1.33 bits per heavy atom. The van der Waals surface area contributed by atoms with Crippen LogP contribution in [-0.2, 0) is 0 Å². The quantitative estimate of drug-likeness (QED) is 0.370. The molecule has 0 spiro atoms. The first kappa shape index (κ1) is 8.69. The van der Waals surface area contributed by atoms with Crippen molar-refractivity contribution in [1.82, 2.24) is 0 Å². The van der Waals surface area contributed by atoms with Gasteiger partial charge >= 0.3 is 0 Å². The van der Waals surface area contributed by atoms with Crippen molar-refractivity contribution in [3.8, 4) is 0 Å². The van der Waals surface area contributed by atoms with Gasteiger partial charge in [-0.15, -0.1) is 0 Å². The molecule has 0 amide bonds. The summed E-state index contributed by atoms with van der Waals surface area (Å²) in [5.74, 6) is 0. The van der Waals surface area contributed by atoms with Crippen molar-refractivity contribution in [2.75, 3.05) is 0 Å². The molecule has 1 aromatic carbocycles. The number of benzene rings is 1. The largest absolute Gasteiger partial charge is 0.361 e. The van der Waals surface area contributed by atoms with Crippen LogP contribution in [0.1, 0.15) is 25.3 Å². The Kier molecular flexibility index (Phi) is 3.24. The smallest absolute Gasteiger partial charge is 0.299 e. The maximum Gasteiger partial charge on any atom is 0.299 e. The summed E-state index contributed by atoms with van der Waals surface area (Å²) in [7, 11) is 0. The fraction of sp³-hybridized carbons (Fsp3) is 0.300. The third-order valence-corrected chi connectivity index (χ3v) is 1.71. The maximum absolute atomic E-state index is 8.70. The van der Waals surface area contributed by atoms with Crippen molar-refractivity contribution in [3.05, 3.63) is 41.4 Å². The first-order chi connectivity index (χ1) is 5.88. The van der Waals surface area contributed by atoms with Crippen LogP contribution in [0, 0.1) is 0 Å². The highest BCUT2D eigenvalue weighted by molar-refractivity contribution is 5.96. The molecule has 0 heterocycles. The topological polar surface area (TPSA) is 36.4 Å². The zero-order chi connectivity index (χ0) is 8.81. The minimum Gasteiger partial charge on any atom is -0.361 e. The standard InChI is InChI=1S/C10H12N2/c1-2-6-10(12-11)9-7-4-3-5-8-9/h3-5,7-8H,2,6H2,1H3. The molecule has 62 valence electrons. The number of rotatable bonds is 3. The van der Waals surface area contributed by atoms with Crippen LogP contribution in [0.25, 0.3) is 5.53 Å². The molecule has 0 radical (unpaired) electrons. The SMILES string of the molecule is CCCC(=[N+]=[N-])c1ccccc1. The molecule has 0 aromatic heterocycles. The number of hydrogen-bond acceptors (Lipinski definition) is 0. The highest BCUT2D eigenvalue weighted by atomic mass is 14.9. The van der Waals surface area contributed by atoms with Crippen LogP contribution in [-0.4, -0.2) is 10.5 Å². The van der Waals surface area contributed by atoms with Crippen LogP contribution >= 0.6 is 0 Å². The minimum atomic E-state index is 0.762. The summed E-state index contributed by atoms with van der Waals surface area (Å²) in [6.45, 7) is 2.06. The molecule has 12 heavy (non-hydrogen) atoms. The molecule has 0 fully saturated rings. The molecule has 0 unspecified atom stereocenters. The highest BCUT2D eigenvalue weighted by Crippen LogP contribution is 2.03. The van der Waals surface area contributed by atoms with Crippen LogP contribution in [0.15, 0.2) is 30.3 Å². The summed E-state index contributed by atoms with van der Waals surface area (Å²) in [5, 5.41) is 0. The van der Waals surface area contributed by atoms with E-state index in [-0.39, 0.29) is 0 Å². The second-order valence-electron chi connectivity index (χ2n) is 2.66. The lowest BCUT2D eigenvalue weighted by atomic mass is 10.1. The van der Waals surface area contributed by atoms with Crippen molar-refractivity contribution in [1.29, 1.82) is 0 Å². The Bertz CT molecular complexity index is 284. The van der Waals surface area contributed by atoms with Gasteiger partial charge in [-0.3, -0.25) is 0 Å². The van der Waals surface area contributed by atoms with Gasteiger partial charge < -0.3 is 5.53 Å². The van der Waals surface area contributed by atoms with Crippen LogP contribution in [0.4, 0.5) is 0 Å². The first-order valence-corrected chi connectivity index (χ1v) is 4.14. The third-order valence-electron chi connectivity index (χ3n) is 1.71. The Morgan fingerprint density at radius 2 is 2.00 bits per heavy atom. The lowest BCUT2D eigenvalue weighted by Crippen LogP contribution is -2.00. The Labute approximate surface area is 72.5 Å². The zero-order valence-electron chi connectivity index (χ0n) is 7.20. The molecule has 1 aromatic rings. The normalized spacial score (nSPS) is 9.08. The van der Waals surface area contributed by atoms with Gasteiger partial charge in [0, 0.05) is 6.42 Å². The van der Waals surface area contributed by atoms with Gasteiger partial charge in [0.15, 0.2) is 0 Å². The van der Waals surface area contributed by atoms with Crippen LogP contribution in [0.2, 0.25) is 0 Å². The molecule has 0 bridgehead atoms. The van der Waals surface area contributed by atoms with Crippen LogP contribution < -0.4 is 0 Å². The van der Waals surface area contributed by atoms with E-state index >= 15 is 0 Å². The van der Waals surface area contributed by atoms with E-state index in [1.165, 1.54) is 0 Å². The van der Waals surface area contributed by atoms with Gasteiger partial charge in [0.25, 0.3) is 5.71 Å². The molecule has 0 atom stereocenters. The van der Waals surface area contributed by atoms with E-state index in [1.807, 2.05) is 30.3 Å². The Hall–Kier alpha value is -1.40. The fourth-order valence-corrected chi connectivity index (χ4v) is 1.12. The average molecular weight is 160 g/mol. The van der Waals surface area contributed by atoms with Gasteiger partial charge in [-0.1, -0.05) is 25.1 Å². The van der Waals surface area contributed by atoms with Gasteiger partial charge in [-0.2, -0.15) is 4.79 Å². The van der Waals surface area contributed by atoms with E-state index in [2.05, 4.69) is 11.7 Å². The second-order valence-corrected chi connectivity index (χ2v) is 2.66. The predicted molar refractivity (Wildman–Crippen MR) is 49.1 cm³/mol. The predicted octanol–water partition coefficient (Wildman–Crippen LogP) is 2.51. The fourth-order valence-electron chi connectivity index (χ4n) is 1.12. The van der Waals surface area contributed by atoms with E-state index in [9.17, 15) is 0 Å². The molecule has 0 aliphatic rings. The molecular weight excluding hydrogens is 148 g/mol. The zero-order valence-corrected chi connectivity index (χ0v) is 7.20. The van der Waals surface area contributed by atoms with Gasteiger partial charge in [-0.25, -0.2) is 0 Å². The van der Waals surface area contributed by atoms with E-state index in [0.717, 1.165) is 24.1 Å². The van der Waals surface area contributed by atoms with E-state index in [4.69, 9.17) is 5.53 Å². The third kappa shape index (κ3) is 2.04. The van der Waals surface area contributed by atoms with Crippen molar-refractivity contribution in [2.24, 2.45) is 0 Å². The summed E-state index contributed by atoms with van der Waals surface area (Å²) >= 11 is 0. The molecule has 0 aliphatic carbocycles. The van der Waals surface area contributed by atoms with Crippen molar-refractivity contribution >= 4 is 5.71 Å². The molecule has 1 rings (SSSR count). The van der Waals surface area contributed by atoms with Crippen molar-refractivity contribution < 1.29 is 4.79 Å². The first-order valence-electron chi connectivity index (χ1n) is 4.14. The van der Waals surface area contributed by atoms with Gasteiger partial charge in [0.1, 0.15) is 0 Å². The number of hydrogen-bond donors (Lipinski definition) is 0. The minimum absolute atomic E-state index is 0.762. The van der Waals surface area contributed by atoms with E-state index in [0.29, 0.717) is 0 Å². The summed E-state index contributed by atoms with van der Waals surface area (Å²) in [6, 6.07) is 9.73. The number of nitrogens with zero attached hydrogens (tertiary/aromatic N) is 2. The highest BCUT2D eigenvalue weighted by Gasteiger charge is 2.08. The van der Waals surface area contributed by atoms with Crippen LogP contribution in [0.3, 0.4) is 0 Å². The monoisotopic (exact) mass is 160 g/mol. The summed E-state index contributed by atoms with van der Waals surface area (Å²) < 4.78 is 0. The van der Waals surface area contributed by atoms with Crippen LogP contribution in [0.5, 0.6) is 0 Å². The summed E-state index contributed by atoms with van der Waals surface area (Å²) in [4.78, 5) is 3.26. The average Bonchev–Trinajstić information content (AvgIpc) is 2.15. The van der Waals surface area contributed by atoms with Crippen molar-refractivity contribution in [3.63, 3.8) is 0 Å². The molecule has 2 heteroatoms. The molecule has 0 aliphatic heterocycles. The molecular formula is C10H12N2.